The standard InChI is InChI=1S/C19H17F3N2O2/c20-19(21,22)8-9-23-18(25)17-10-14-6-7-15(11-16(14)24-17)26-12-13-4-2-1-3-5-13/h1-7,10-11,24H,8-9,12H2,(H,23,25). The van der Waals surface area contributed by atoms with Gasteiger partial charge in [0.05, 0.1) is 6.42 Å². The van der Waals surface area contributed by atoms with Gasteiger partial charge in [-0.15, -0.1) is 0 Å². The highest BCUT2D eigenvalue weighted by atomic mass is 19.4. The van der Waals surface area contributed by atoms with E-state index in [1.807, 2.05) is 30.3 Å². The monoisotopic (exact) mass is 362 g/mol. The molecule has 0 saturated carbocycles. The summed E-state index contributed by atoms with van der Waals surface area (Å²) < 4.78 is 42.2. The van der Waals surface area contributed by atoms with Gasteiger partial charge in [-0.2, -0.15) is 13.2 Å². The first kappa shape index (κ1) is 17.8. The van der Waals surface area contributed by atoms with Crippen molar-refractivity contribution in [3.8, 4) is 5.75 Å². The first-order valence-electron chi connectivity index (χ1n) is 8.05. The van der Waals surface area contributed by atoms with Gasteiger partial charge in [0.2, 0.25) is 0 Å². The van der Waals surface area contributed by atoms with E-state index in [0.29, 0.717) is 17.9 Å². The average Bonchev–Trinajstić information content (AvgIpc) is 3.03. The zero-order valence-electron chi connectivity index (χ0n) is 13.8. The molecule has 0 fully saturated rings. The SMILES string of the molecule is O=C(NCCC(F)(F)F)c1cc2ccc(OCc3ccccc3)cc2[nH]1. The molecule has 1 aromatic heterocycles. The molecule has 0 bridgehead atoms. The molecule has 1 amide bonds. The van der Waals surface area contributed by atoms with E-state index < -0.39 is 25.0 Å². The number of benzene rings is 2. The van der Waals surface area contributed by atoms with Crippen LogP contribution in [-0.4, -0.2) is 23.6 Å². The van der Waals surface area contributed by atoms with Gasteiger partial charge in [-0.3, -0.25) is 4.79 Å². The van der Waals surface area contributed by atoms with E-state index in [1.54, 1.807) is 24.3 Å². The maximum absolute atomic E-state index is 12.1. The largest absolute Gasteiger partial charge is 0.489 e. The summed E-state index contributed by atoms with van der Waals surface area (Å²) in [5.74, 6) is 0.0597. The molecule has 4 nitrogen and oxygen atoms in total. The molecule has 136 valence electrons. The summed E-state index contributed by atoms with van der Waals surface area (Å²) in [6.07, 6.45) is -5.35. The molecule has 0 spiro atoms. The van der Waals surface area contributed by atoms with Crippen LogP contribution in [0.3, 0.4) is 0 Å². The Morgan fingerprint density at radius 2 is 1.85 bits per heavy atom. The van der Waals surface area contributed by atoms with Crippen molar-refractivity contribution in [1.82, 2.24) is 10.3 Å². The normalized spacial score (nSPS) is 11.5. The first-order valence-corrected chi connectivity index (χ1v) is 8.05. The van der Waals surface area contributed by atoms with Crippen molar-refractivity contribution in [3.63, 3.8) is 0 Å². The lowest BCUT2D eigenvalue weighted by Gasteiger charge is -2.06. The van der Waals surface area contributed by atoms with Crippen LogP contribution in [0.15, 0.2) is 54.6 Å². The zero-order chi connectivity index (χ0) is 18.6. The third-order valence-corrected chi connectivity index (χ3v) is 3.78. The summed E-state index contributed by atoms with van der Waals surface area (Å²) in [6.45, 7) is -0.0407. The van der Waals surface area contributed by atoms with Crippen LogP contribution >= 0.6 is 0 Å². The molecule has 0 atom stereocenters. The number of halogens is 3. The summed E-state index contributed by atoms with van der Waals surface area (Å²) in [5.41, 5.74) is 1.92. The van der Waals surface area contributed by atoms with E-state index in [9.17, 15) is 18.0 Å². The van der Waals surface area contributed by atoms with Gasteiger partial charge >= 0.3 is 6.18 Å². The van der Waals surface area contributed by atoms with Gasteiger partial charge in [0.25, 0.3) is 5.91 Å². The maximum atomic E-state index is 12.1. The molecule has 0 radical (unpaired) electrons. The third kappa shape index (κ3) is 4.78. The lowest BCUT2D eigenvalue weighted by Crippen LogP contribution is -2.28. The first-order chi connectivity index (χ1) is 12.4. The number of H-pyrrole nitrogens is 1. The highest BCUT2D eigenvalue weighted by Gasteiger charge is 2.26. The van der Waals surface area contributed by atoms with Crippen LogP contribution in [-0.2, 0) is 6.61 Å². The Kier molecular flexibility index (Phi) is 5.16. The fourth-order valence-electron chi connectivity index (χ4n) is 2.47. The predicted molar refractivity (Wildman–Crippen MR) is 92.1 cm³/mol. The van der Waals surface area contributed by atoms with Crippen molar-refractivity contribution in [2.24, 2.45) is 0 Å². The summed E-state index contributed by atoms with van der Waals surface area (Å²) >= 11 is 0. The quantitative estimate of drug-likeness (QED) is 0.682. The molecule has 2 aromatic carbocycles. The molecule has 0 aliphatic rings. The van der Waals surface area contributed by atoms with E-state index in [-0.39, 0.29) is 5.69 Å². The maximum Gasteiger partial charge on any atom is 0.390 e. The van der Waals surface area contributed by atoms with E-state index in [4.69, 9.17) is 4.74 Å². The van der Waals surface area contributed by atoms with Gasteiger partial charge < -0.3 is 15.0 Å². The number of carbonyl (C=O) groups excluding carboxylic acids is 1. The van der Waals surface area contributed by atoms with Crippen LogP contribution < -0.4 is 10.1 Å². The molecule has 1 heterocycles. The number of hydrogen-bond donors (Lipinski definition) is 2. The van der Waals surface area contributed by atoms with E-state index in [2.05, 4.69) is 10.3 Å². The van der Waals surface area contributed by atoms with Crippen molar-refractivity contribution >= 4 is 16.8 Å². The second kappa shape index (κ2) is 7.51. The Morgan fingerprint density at radius 1 is 1.08 bits per heavy atom. The lowest BCUT2D eigenvalue weighted by atomic mass is 10.2. The average molecular weight is 362 g/mol. The van der Waals surface area contributed by atoms with Crippen molar-refractivity contribution in [3.05, 3.63) is 65.9 Å². The molecular weight excluding hydrogens is 345 g/mol. The number of rotatable bonds is 6. The van der Waals surface area contributed by atoms with Crippen LogP contribution in [0.25, 0.3) is 10.9 Å². The van der Waals surface area contributed by atoms with E-state index in [0.717, 1.165) is 10.9 Å². The zero-order valence-corrected chi connectivity index (χ0v) is 13.8. The van der Waals surface area contributed by atoms with Crippen LogP contribution in [0.2, 0.25) is 0 Å². The predicted octanol–water partition coefficient (Wildman–Crippen LogP) is 4.43. The fourth-order valence-corrected chi connectivity index (χ4v) is 2.47. The van der Waals surface area contributed by atoms with Crippen LogP contribution in [0, 0.1) is 0 Å². The van der Waals surface area contributed by atoms with Crippen molar-refractivity contribution in [2.45, 2.75) is 19.2 Å². The number of hydrogen-bond acceptors (Lipinski definition) is 2. The lowest BCUT2D eigenvalue weighted by molar-refractivity contribution is -0.132. The highest BCUT2D eigenvalue weighted by Crippen LogP contribution is 2.23. The van der Waals surface area contributed by atoms with Gasteiger partial charge in [0, 0.05) is 23.5 Å². The second-order valence-corrected chi connectivity index (χ2v) is 5.83. The number of aromatic nitrogens is 1. The number of nitrogens with one attached hydrogen (secondary N) is 2. The summed E-state index contributed by atoms with van der Waals surface area (Å²) in [7, 11) is 0. The molecule has 0 aliphatic carbocycles. The van der Waals surface area contributed by atoms with E-state index in [1.165, 1.54) is 0 Å². The van der Waals surface area contributed by atoms with Gasteiger partial charge in [0.15, 0.2) is 0 Å². The van der Waals surface area contributed by atoms with Crippen molar-refractivity contribution in [2.75, 3.05) is 6.54 Å². The Morgan fingerprint density at radius 3 is 2.58 bits per heavy atom. The van der Waals surface area contributed by atoms with Gasteiger partial charge in [-0.05, 0) is 23.8 Å². The smallest absolute Gasteiger partial charge is 0.390 e. The molecule has 0 unspecified atom stereocenters. The van der Waals surface area contributed by atoms with Crippen LogP contribution in [0.4, 0.5) is 13.2 Å². The Balaban J connectivity index is 1.64. The highest BCUT2D eigenvalue weighted by molar-refractivity contribution is 5.98. The molecule has 3 rings (SSSR count). The molecule has 7 heteroatoms. The molecule has 3 aromatic rings. The molecule has 2 N–H and O–H groups in total. The topological polar surface area (TPSA) is 54.1 Å². The number of aromatic amines is 1. The Labute approximate surface area is 148 Å². The number of alkyl halides is 3. The number of fused-ring (bicyclic) bond motifs is 1. The van der Waals surface area contributed by atoms with Crippen molar-refractivity contribution < 1.29 is 22.7 Å². The molecule has 0 aliphatic heterocycles. The molecule has 0 saturated heterocycles. The Bertz CT molecular complexity index is 889. The van der Waals surface area contributed by atoms with Crippen LogP contribution in [0.5, 0.6) is 5.75 Å². The minimum Gasteiger partial charge on any atom is -0.489 e. The summed E-state index contributed by atoms with van der Waals surface area (Å²) in [6, 6.07) is 16.6. The minimum atomic E-state index is -4.29. The van der Waals surface area contributed by atoms with E-state index >= 15 is 0 Å². The van der Waals surface area contributed by atoms with Crippen molar-refractivity contribution in [1.29, 1.82) is 0 Å². The summed E-state index contributed by atoms with van der Waals surface area (Å²) in [5, 5.41) is 3.03. The summed E-state index contributed by atoms with van der Waals surface area (Å²) in [4.78, 5) is 14.9. The van der Waals surface area contributed by atoms with Gasteiger partial charge in [-0.1, -0.05) is 30.3 Å². The van der Waals surface area contributed by atoms with Gasteiger partial charge in [-0.25, -0.2) is 0 Å². The van der Waals surface area contributed by atoms with Gasteiger partial charge in [0.1, 0.15) is 18.1 Å². The minimum absolute atomic E-state index is 0.211. The van der Waals surface area contributed by atoms with Crippen LogP contribution in [0.1, 0.15) is 22.5 Å². The third-order valence-electron chi connectivity index (χ3n) is 3.78. The molecule has 26 heavy (non-hydrogen) atoms. The number of amides is 1. The fraction of sp³-hybridized carbons (Fsp3) is 0.211. The Hall–Kier alpha value is -2.96. The number of ether oxygens (including phenoxy) is 1. The molecular formula is C19H17F3N2O2. The second-order valence-electron chi connectivity index (χ2n) is 5.83. The number of carbonyl (C=O) groups is 1.